The third-order valence-electron chi connectivity index (χ3n) is 4.21. The van der Waals surface area contributed by atoms with Crippen molar-refractivity contribution in [2.75, 3.05) is 18.5 Å². The zero-order valence-corrected chi connectivity index (χ0v) is 15.2. The predicted octanol–water partition coefficient (Wildman–Crippen LogP) is 3.20. The number of carbonyl (C=O) groups excluding carboxylic acids is 2. The SMILES string of the molecule is Cc1cc(Cl)ccc1NC(=O)c1cncc(C(=O)NCC2CCCO2)c1. The van der Waals surface area contributed by atoms with Crippen LogP contribution in [0.5, 0.6) is 0 Å². The molecule has 1 atom stereocenters. The number of anilines is 1. The molecule has 0 bridgehead atoms. The monoisotopic (exact) mass is 373 g/mol. The second-order valence-corrected chi connectivity index (χ2v) is 6.66. The number of nitrogens with zero attached hydrogens (tertiary/aromatic N) is 1. The summed E-state index contributed by atoms with van der Waals surface area (Å²) in [5.41, 5.74) is 2.16. The standard InChI is InChI=1S/C19H20ClN3O3/c1-12-7-15(20)4-5-17(12)23-19(25)14-8-13(9-21-10-14)18(24)22-11-16-3-2-6-26-16/h4-5,7-10,16H,2-3,6,11H2,1H3,(H,22,24)(H,23,25). The smallest absolute Gasteiger partial charge is 0.257 e. The van der Waals surface area contributed by atoms with Gasteiger partial charge in [-0.05, 0) is 49.6 Å². The fourth-order valence-electron chi connectivity index (χ4n) is 2.76. The lowest BCUT2D eigenvalue weighted by molar-refractivity contribution is 0.0857. The molecule has 6 nitrogen and oxygen atoms in total. The number of aromatic nitrogens is 1. The maximum absolute atomic E-state index is 12.5. The average Bonchev–Trinajstić information content (AvgIpc) is 3.15. The topological polar surface area (TPSA) is 80.3 Å². The molecular weight excluding hydrogens is 354 g/mol. The molecule has 7 heteroatoms. The molecule has 1 aliphatic heterocycles. The minimum absolute atomic E-state index is 0.0614. The second-order valence-electron chi connectivity index (χ2n) is 6.22. The summed E-state index contributed by atoms with van der Waals surface area (Å²) < 4.78 is 5.48. The van der Waals surface area contributed by atoms with Gasteiger partial charge in [-0.3, -0.25) is 14.6 Å². The van der Waals surface area contributed by atoms with E-state index in [1.807, 2.05) is 6.92 Å². The van der Waals surface area contributed by atoms with Crippen LogP contribution in [-0.2, 0) is 4.74 Å². The number of rotatable bonds is 5. The van der Waals surface area contributed by atoms with Crippen molar-refractivity contribution in [3.8, 4) is 0 Å². The van der Waals surface area contributed by atoms with Crippen LogP contribution in [0.4, 0.5) is 5.69 Å². The third kappa shape index (κ3) is 4.59. The molecule has 3 rings (SSSR count). The van der Waals surface area contributed by atoms with Gasteiger partial charge >= 0.3 is 0 Å². The Hall–Kier alpha value is -2.44. The maximum Gasteiger partial charge on any atom is 0.257 e. The molecule has 1 aliphatic rings. The molecule has 2 amide bonds. The molecule has 136 valence electrons. The number of aryl methyl sites for hydroxylation is 1. The Labute approximate surface area is 156 Å². The highest BCUT2D eigenvalue weighted by Gasteiger charge is 2.17. The van der Waals surface area contributed by atoms with E-state index in [-0.39, 0.29) is 17.9 Å². The first-order valence-electron chi connectivity index (χ1n) is 8.45. The van der Waals surface area contributed by atoms with Crippen molar-refractivity contribution in [1.82, 2.24) is 10.3 Å². The van der Waals surface area contributed by atoms with Crippen LogP contribution < -0.4 is 10.6 Å². The summed E-state index contributed by atoms with van der Waals surface area (Å²) in [6.45, 7) is 3.05. The van der Waals surface area contributed by atoms with E-state index in [2.05, 4.69) is 15.6 Å². The van der Waals surface area contributed by atoms with Crippen molar-refractivity contribution in [1.29, 1.82) is 0 Å². The van der Waals surface area contributed by atoms with Gasteiger partial charge in [-0.1, -0.05) is 11.6 Å². The van der Waals surface area contributed by atoms with E-state index < -0.39 is 0 Å². The molecule has 26 heavy (non-hydrogen) atoms. The molecule has 1 aromatic carbocycles. The van der Waals surface area contributed by atoms with Crippen molar-refractivity contribution in [2.24, 2.45) is 0 Å². The Bertz CT molecular complexity index is 819. The van der Waals surface area contributed by atoms with Crippen LogP contribution in [0.2, 0.25) is 5.02 Å². The van der Waals surface area contributed by atoms with E-state index in [1.165, 1.54) is 18.5 Å². The lowest BCUT2D eigenvalue weighted by Crippen LogP contribution is -2.32. The van der Waals surface area contributed by atoms with Crippen LogP contribution in [0.1, 0.15) is 39.1 Å². The molecular formula is C19H20ClN3O3. The van der Waals surface area contributed by atoms with Gasteiger partial charge in [0.1, 0.15) is 0 Å². The van der Waals surface area contributed by atoms with Gasteiger partial charge in [0.15, 0.2) is 0 Å². The molecule has 2 heterocycles. The lowest BCUT2D eigenvalue weighted by atomic mass is 10.1. The van der Waals surface area contributed by atoms with E-state index in [4.69, 9.17) is 16.3 Å². The number of amides is 2. The second kappa shape index (κ2) is 8.29. The van der Waals surface area contributed by atoms with Crippen LogP contribution >= 0.6 is 11.6 Å². The quantitative estimate of drug-likeness (QED) is 0.843. The van der Waals surface area contributed by atoms with Crippen LogP contribution in [0.3, 0.4) is 0 Å². The number of nitrogens with one attached hydrogen (secondary N) is 2. The number of ether oxygens (including phenoxy) is 1. The van der Waals surface area contributed by atoms with E-state index >= 15 is 0 Å². The van der Waals surface area contributed by atoms with Gasteiger partial charge in [-0.25, -0.2) is 0 Å². The summed E-state index contributed by atoms with van der Waals surface area (Å²) in [4.78, 5) is 28.7. The highest BCUT2D eigenvalue weighted by molar-refractivity contribution is 6.30. The highest BCUT2D eigenvalue weighted by atomic mass is 35.5. The summed E-state index contributed by atoms with van der Waals surface area (Å²) in [6.07, 6.45) is 4.89. The molecule has 1 saturated heterocycles. The zero-order valence-electron chi connectivity index (χ0n) is 14.4. The van der Waals surface area contributed by atoms with Gasteiger partial charge < -0.3 is 15.4 Å². The van der Waals surface area contributed by atoms with E-state index in [9.17, 15) is 9.59 Å². The Balaban J connectivity index is 1.65. The molecule has 1 fully saturated rings. The number of hydrogen-bond donors (Lipinski definition) is 2. The number of pyridine rings is 1. The molecule has 0 saturated carbocycles. The Morgan fingerprint density at radius 1 is 1.23 bits per heavy atom. The zero-order chi connectivity index (χ0) is 18.5. The molecule has 2 N–H and O–H groups in total. The number of carbonyl (C=O) groups is 2. The fourth-order valence-corrected chi connectivity index (χ4v) is 2.99. The largest absolute Gasteiger partial charge is 0.376 e. The molecule has 0 spiro atoms. The Morgan fingerprint density at radius 2 is 2.00 bits per heavy atom. The highest BCUT2D eigenvalue weighted by Crippen LogP contribution is 2.20. The number of halogens is 1. The summed E-state index contributed by atoms with van der Waals surface area (Å²) in [5.74, 6) is -0.609. The summed E-state index contributed by atoms with van der Waals surface area (Å²) in [6, 6.07) is 6.74. The average molecular weight is 374 g/mol. The van der Waals surface area contributed by atoms with Crippen LogP contribution in [0.15, 0.2) is 36.7 Å². The van der Waals surface area contributed by atoms with E-state index in [0.29, 0.717) is 28.4 Å². The minimum atomic E-state index is -0.336. The van der Waals surface area contributed by atoms with Crippen LogP contribution in [0.25, 0.3) is 0 Å². The summed E-state index contributed by atoms with van der Waals surface area (Å²) >= 11 is 5.93. The molecule has 1 aromatic heterocycles. The molecule has 0 aliphatic carbocycles. The summed E-state index contributed by atoms with van der Waals surface area (Å²) in [7, 11) is 0. The van der Waals surface area contributed by atoms with Crippen LogP contribution in [0, 0.1) is 6.92 Å². The van der Waals surface area contributed by atoms with Gasteiger partial charge in [-0.15, -0.1) is 0 Å². The lowest BCUT2D eigenvalue weighted by Gasteiger charge is -2.11. The number of benzene rings is 1. The van der Waals surface area contributed by atoms with Crippen molar-refractivity contribution in [2.45, 2.75) is 25.9 Å². The fraction of sp³-hybridized carbons (Fsp3) is 0.316. The van der Waals surface area contributed by atoms with Crippen molar-refractivity contribution < 1.29 is 14.3 Å². The van der Waals surface area contributed by atoms with Gasteiger partial charge in [0.25, 0.3) is 11.8 Å². The van der Waals surface area contributed by atoms with Crippen LogP contribution in [-0.4, -0.2) is 36.1 Å². The molecule has 2 aromatic rings. The van der Waals surface area contributed by atoms with Crippen molar-refractivity contribution in [3.63, 3.8) is 0 Å². The summed E-state index contributed by atoms with van der Waals surface area (Å²) in [5, 5.41) is 6.23. The van der Waals surface area contributed by atoms with E-state index in [1.54, 1.807) is 18.2 Å². The first kappa shape index (κ1) is 18.4. The normalized spacial score (nSPS) is 16.3. The first-order chi connectivity index (χ1) is 12.5. The number of hydrogen-bond acceptors (Lipinski definition) is 4. The third-order valence-corrected chi connectivity index (χ3v) is 4.45. The van der Waals surface area contributed by atoms with Gasteiger partial charge in [-0.2, -0.15) is 0 Å². The minimum Gasteiger partial charge on any atom is -0.376 e. The Kier molecular flexibility index (Phi) is 5.85. The van der Waals surface area contributed by atoms with Crippen molar-refractivity contribution >= 4 is 29.1 Å². The first-order valence-corrected chi connectivity index (χ1v) is 8.83. The predicted molar refractivity (Wildman–Crippen MR) is 99.7 cm³/mol. The molecule has 1 unspecified atom stereocenters. The Morgan fingerprint density at radius 3 is 2.69 bits per heavy atom. The van der Waals surface area contributed by atoms with Crippen molar-refractivity contribution in [3.05, 3.63) is 58.4 Å². The molecule has 0 radical (unpaired) electrons. The maximum atomic E-state index is 12.5. The van der Waals surface area contributed by atoms with Gasteiger partial charge in [0.2, 0.25) is 0 Å². The van der Waals surface area contributed by atoms with Gasteiger partial charge in [0.05, 0.1) is 17.2 Å². The van der Waals surface area contributed by atoms with Gasteiger partial charge in [0, 0.05) is 36.3 Å². The van der Waals surface area contributed by atoms with E-state index in [0.717, 1.165) is 25.0 Å².